The maximum atomic E-state index is 12.3. The normalized spacial score (nSPS) is 24.3. The van der Waals surface area contributed by atoms with Crippen LogP contribution in [0.2, 0.25) is 0 Å². The minimum absolute atomic E-state index is 0.159. The lowest BCUT2D eigenvalue weighted by Crippen LogP contribution is -2.37. The van der Waals surface area contributed by atoms with Gasteiger partial charge in [-0.3, -0.25) is 4.79 Å². The largest absolute Gasteiger partial charge is 0.497 e. The number of ketones is 1. The zero-order chi connectivity index (χ0) is 17.0. The Morgan fingerprint density at radius 1 is 1.13 bits per heavy atom. The molecule has 126 valence electrons. The fourth-order valence-electron chi connectivity index (χ4n) is 3.30. The van der Waals surface area contributed by atoms with Gasteiger partial charge in [0.15, 0.2) is 0 Å². The summed E-state index contributed by atoms with van der Waals surface area (Å²) in [6.45, 7) is 6.46. The predicted octanol–water partition coefficient (Wildman–Crippen LogP) is 3.88. The smallest absolute Gasteiger partial charge is 0.379 e. The first-order valence-corrected chi connectivity index (χ1v) is 8.31. The fourth-order valence-corrected chi connectivity index (χ4v) is 3.30. The summed E-state index contributed by atoms with van der Waals surface area (Å²) in [7, 11) is 1.56. The number of Topliss-reactive ketones (excluding diaryl/α,β-unsaturated/α-hetero) is 1. The van der Waals surface area contributed by atoms with Crippen molar-refractivity contribution in [1.82, 2.24) is 0 Å². The summed E-state index contributed by atoms with van der Waals surface area (Å²) in [5, 5.41) is 0. The molecule has 4 heteroatoms. The molecule has 0 aliphatic heterocycles. The van der Waals surface area contributed by atoms with Crippen LogP contribution in [0.4, 0.5) is 0 Å². The lowest BCUT2D eigenvalue weighted by molar-refractivity contribution is -0.149. The van der Waals surface area contributed by atoms with Crippen molar-refractivity contribution in [3.05, 3.63) is 29.8 Å². The molecular weight excluding hydrogens is 292 g/mol. The van der Waals surface area contributed by atoms with Crippen molar-refractivity contribution < 1.29 is 19.1 Å². The van der Waals surface area contributed by atoms with Crippen LogP contribution in [0.25, 0.3) is 0 Å². The lowest BCUT2D eigenvalue weighted by Gasteiger charge is -2.36. The van der Waals surface area contributed by atoms with Crippen molar-refractivity contribution in [1.29, 1.82) is 0 Å². The number of esters is 1. The molecule has 0 heterocycles. The molecular formula is C19H26O4. The van der Waals surface area contributed by atoms with Crippen LogP contribution in [-0.4, -0.2) is 25.0 Å². The molecule has 1 aromatic carbocycles. The van der Waals surface area contributed by atoms with Gasteiger partial charge in [-0.15, -0.1) is 0 Å². The summed E-state index contributed by atoms with van der Waals surface area (Å²) in [6, 6.07) is 6.51. The third-order valence-electron chi connectivity index (χ3n) is 4.76. The highest BCUT2D eigenvalue weighted by Gasteiger charge is 2.34. The van der Waals surface area contributed by atoms with Crippen molar-refractivity contribution in [3.63, 3.8) is 0 Å². The first-order chi connectivity index (χ1) is 10.9. The van der Waals surface area contributed by atoms with E-state index in [1.54, 1.807) is 31.4 Å². The zero-order valence-electron chi connectivity index (χ0n) is 14.4. The topological polar surface area (TPSA) is 52.6 Å². The number of carbonyl (C=O) groups excluding carboxylic acids is 2. The summed E-state index contributed by atoms with van der Waals surface area (Å²) >= 11 is 0. The molecule has 0 N–H and O–H groups in total. The highest BCUT2D eigenvalue weighted by atomic mass is 16.5. The molecule has 0 unspecified atom stereocenters. The third-order valence-corrected chi connectivity index (χ3v) is 4.76. The second-order valence-electron chi connectivity index (χ2n) is 6.83. The predicted molar refractivity (Wildman–Crippen MR) is 88.5 cm³/mol. The second-order valence-corrected chi connectivity index (χ2v) is 6.83. The number of rotatable bonds is 5. The minimum Gasteiger partial charge on any atom is -0.497 e. The van der Waals surface area contributed by atoms with Crippen LogP contribution in [0.3, 0.4) is 0 Å². The first kappa shape index (κ1) is 17.5. The minimum atomic E-state index is -0.750. The molecule has 1 saturated carbocycles. The molecule has 0 radical (unpaired) electrons. The summed E-state index contributed by atoms with van der Waals surface area (Å²) in [5.41, 5.74) is 0.334. The van der Waals surface area contributed by atoms with Crippen molar-refractivity contribution in [2.75, 3.05) is 7.11 Å². The van der Waals surface area contributed by atoms with Crippen LogP contribution in [0.15, 0.2) is 24.3 Å². The van der Waals surface area contributed by atoms with Gasteiger partial charge in [-0.25, -0.2) is 4.79 Å². The maximum Gasteiger partial charge on any atom is 0.379 e. The SMILES string of the molecule is COc1ccc(C(=O)C(=O)O[C@H]2C[C@H](C)CC[C@H]2C(C)C)cc1. The van der Waals surface area contributed by atoms with E-state index in [4.69, 9.17) is 9.47 Å². The van der Waals surface area contributed by atoms with E-state index in [1.807, 2.05) is 0 Å². The van der Waals surface area contributed by atoms with Gasteiger partial charge < -0.3 is 9.47 Å². The number of hydrogen-bond donors (Lipinski definition) is 0. The van der Waals surface area contributed by atoms with Gasteiger partial charge in [-0.2, -0.15) is 0 Å². The molecule has 1 aliphatic carbocycles. The van der Waals surface area contributed by atoms with Gasteiger partial charge in [0.25, 0.3) is 5.78 Å². The molecule has 0 saturated heterocycles. The van der Waals surface area contributed by atoms with Gasteiger partial charge in [0, 0.05) is 5.56 Å². The van der Waals surface area contributed by atoms with Gasteiger partial charge in [-0.1, -0.05) is 27.2 Å². The Bertz CT molecular complexity index is 547. The Morgan fingerprint density at radius 3 is 2.35 bits per heavy atom. The van der Waals surface area contributed by atoms with Crippen molar-refractivity contribution in [3.8, 4) is 5.75 Å². The van der Waals surface area contributed by atoms with E-state index >= 15 is 0 Å². The van der Waals surface area contributed by atoms with Crippen molar-refractivity contribution in [2.24, 2.45) is 17.8 Å². The summed E-state index contributed by atoms with van der Waals surface area (Å²) in [5.74, 6) is 0.610. The Morgan fingerprint density at radius 2 is 1.78 bits per heavy atom. The molecule has 1 aromatic rings. The van der Waals surface area contributed by atoms with E-state index in [9.17, 15) is 9.59 Å². The van der Waals surface area contributed by atoms with Crippen LogP contribution in [0.1, 0.15) is 50.4 Å². The average molecular weight is 318 g/mol. The molecule has 4 nitrogen and oxygen atoms in total. The fraction of sp³-hybridized carbons (Fsp3) is 0.579. The van der Waals surface area contributed by atoms with Crippen LogP contribution in [-0.2, 0) is 9.53 Å². The molecule has 0 aromatic heterocycles. The van der Waals surface area contributed by atoms with E-state index in [0.717, 1.165) is 19.3 Å². The first-order valence-electron chi connectivity index (χ1n) is 8.31. The highest BCUT2D eigenvalue weighted by molar-refractivity contribution is 6.40. The van der Waals surface area contributed by atoms with Gasteiger partial charge in [0.2, 0.25) is 0 Å². The average Bonchev–Trinajstić information content (AvgIpc) is 2.54. The van der Waals surface area contributed by atoms with E-state index in [0.29, 0.717) is 29.1 Å². The van der Waals surface area contributed by atoms with E-state index in [1.165, 1.54) is 0 Å². The Kier molecular flexibility index (Phi) is 5.80. The standard InChI is InChI=1S/C19H26O4/c1-12(2)16-10-5-13(3)11-17(16)23-19(21)18(20)14-6-8-15(22-4)9-7-14/h6-9,12-13,16-17H,5,10-11H2,1-4H3/t13-,16+,17+/m1/s1. The van der Waals surface area contributed by atoms with Crippen molar-refractivity contribution >= 4 is 11.8 Å². The molecule has 3 atom stereocenters. The molecule has 0 spiro atoms. The zero-order valence-corrected chi connectivity index (χ0v) is 14.4. The monoisotopic (exact) mass is 318 g/mol. The van der Waals surface area contributed by atoms with Crippen molar-refractivity contribution in [2.45, 2.75) is 46.1 Å². The summed E-state index contributed by atoms with van der Waals surface area (Å²) in [4.78, 5) is 24.5. The Hall–Kier alpha value is -1.84. The van der Waals surface area contributed by atoms with Gasteiger partial charge in [0.05, 0.1) is 7.11 Å². The quantitative estimate of drug-likeness (QED) is 0.469. The van der Waals surface area contributed by atoms with E-state index in [-0.39, 0.29) is 6.10 Å². The molecule has 23 heavy (non-hydrogen) atoms. The Balaban J connectivity index is 2.04. The second kappa shape index (κ2) is 7.62. The molecule has 1 fully saturated rings. The third kappa shape index (κ3) is 4.34. The molecule has 1 aliphatic rings. The molecule has 2 rings (SSSR count). The van der Waals surface area contributed by atoms with Gasteiger partial charge >= 0.3 is 5.97 Å². The summed E-state index contributed by atoms with van der Waals surface area (Å²) < 4.78 is 10.6. The van der Waals surface area contributed by atoms with Crippen LogP contribution in [0.5, 0.6) is 5.75 Å². The van der Waals surface area contributed by atoms with Crippen LogP contribution >= 0.6 is 0 Å². The number of methoxy groups -OCH3 is 1. The molecule has 0 amide bonds. The van der Waals surface area contributed by atoms with E-state index in [2.05, 4.69) is 20.8 Å². The van der Waals surface area contributed by atoms with Gasteiger partial charge in [0.1, 0.15) is 11.9 Å². The Labute approximate surface area is 138 Å². The summed E-state index contributed by atoms with van der Waals surface area (Å²) in [6.07, 6.45) is 2.88. The maximum absolute atomic E-state index is 12.3. The number of hydrogen-bond acceptors (Lipinski definition) is 4. The molecule has 0 bridgehead atoms. The van der Waals surface area contributed by atoms with Crippen LogP contribution in [0, 0.1) is 17.8 Å². The lowest BCUT2D eigenvalue weighted by atomic mass is 9.75. The van der Waals surface area contributed by atoms with E-state index < -0.39 is 11.8 Å². The number of ether oxygens (including phenoxy) is 2. The van der Waals surface area contributed by atoms with Crippen LogP contribution < -0.4 is 4.74 Å². The van der Waals surface area contributed by atoms with Gasteiger partial charge in [-0.05, 0) is 54.9 Å². The number of carbonyl (C=O) groups is 2. The number of benzene rings is 1. The highest BCUT2D eigenvalue weighted by Crippen LogP contribution is 2.35.